The molecule has 6 nitrogen and oxygen atoms in total. The van der Waals surface area contributed by atoms with Gasteiger partial charge in [0.15, 0.2) is 6.61 Å². The molecule has 0 aromatic heterocycles. The van der Waals surface area contributed by atoms with Crippen LogP contribution in [0.3, 0.4) is 0 Å². The first-order valence-electron chi connectivity index (χ1n) is 9.03. The van der Waals surface area contributed by atoms with Crippen LogP contribution in [0.25, 0.3) is 0 Å². The number of nitrogens with one attached hydrogen (secondary N) is 1. The molecule has 7 heteroatoms. The third-order valence-corrected chi connectivity index (χ3v) is 6.54. The van der Waals surface area contributed by atoms with Crippen LogP contribution in [0.1, 0.15) is 19.8 Å². The molecule has 1 aliphatic rings. The highest BCUT2D eigenvalue weighted by molar-refractivity contribution is 7.89. The quantitative estimate of drug-likeness (QED) is 0.825. The van der Waals surface area contributed by atoms with Gasteiger partial charge in [-0.05, 0) is 55.2 Å². The molecule has 27 heavy (non-hydrogen) atoms. The van der Waals surface area contributed by atoms with E-state index in [9.17, 15) is 13.2 Å². The van der Waals surface area contributed by atoms with Crippen LogP contribution in [0.15, 0.2) is 59.5 Å². The van der Waals surface area contributed by atoms with Gasteiger partial charge in [-0.2, -0.15) is 4.31 Å². The Morgan fingerprint density at radius 2 is 1.70 bits per heavy atom. The van der Waals surface area contributed by atoms with E-state index in [0.717, 1.165) is 12.8 Å². The zero-order chi connectivity index (χ0) is 19.3. The smallest absolute Gasteiger partial charge is 0.262 e. The number of sulfonamides is 1. The summed E-state index contributed by atoms with van der Waals surface area (Å²) in [5.74, 6) is 0.735. The van der Waals surface area contributed by atoms with Crippen molar-refractivity contribution in [3.8, 4) is 5.75 Å². The van der Waals surface area contributed by atoms with Crippen LogP contribution in [0.2, 0.25) is 0 Å². The van der Waals surface area contributed by atoms with Gasteiger partial charge in [0.05, 0.1) is 4.90 Å². The maximum absolute atomic E-state index is 12.7. The van der Waals surface area contributed by atoms with Crippen molar-refractivity contribution in [3.05, 3.63) is 54.6 Å². The molecule has 2 aromatic rings. The van der Waals surface area contributed by atoms with Gasteiger partial charge < -0.3 is 10.1 Å². The van der Waals surface area contributed by atoms with E-state index in [1.807, 2.05) is 18.2 Å². The Kier molecular flexibility index (Phi) is 6.13. The van der Waals surface area contributed by atoms with Crippen LogP contribution in [0.4, 0.5) is 5.69 Å². The molecule has 0 bridgehead atoms. The summed E-state index contributed by atoms with van der Waals surface area (Å²) in [5.41, 5.74) is 0.698. The number of rotatable bonds is 6. The van der Waals surface area contributed by atoms with Gasteiger partial charge in [-0.25, -0.2) is 8.42 Å². The molecule has 1 saturated heterocycles. The first-order valence-corrected chi connectivity index (χ1v) is 10.5. The summed E-state index contributed by atoms with van der Waals surface area (Å²) in [6, 6.07) is 15.3. The molecule has 0 atom stereocenters. The lowest BCUT2D eigenvalue weighted by atomic mass is 10.0. The minimum Gasteiger partial charge on any atom is -0.484 e. The fraction of sp³-hybridized carbons (Fsp3) is 0.350. The molecule has 1 amide bonds. The normalized spacial score (nSPS) is 16.0. The van der Waals surface area contributed by atoms with Gasteiger partial charge in [0.2, 0.25) is 10.0 Å². The summed E-state index contributed by atoms with van der Waals surface area (Å²) in [6.07, 6.45) is 1.77. The van der Waals surface area contributed by atoms with Crippen LogP contribution >= 0.6 is 0 Å². The predicted molar refractivity (Wildman–Crippen MR) is 104 cm³/mol. The number of carbonyl (C=O) groups excluding carboxylic acids is 1. The number of nitrogens with zero attached hydrogens (tertiary/aromatic N) is 1. The van der Waals surface area contributed by atoms with Crippen LogP contribution in [-0.4, -0.2) is 38.3 Å². The molecular formula is C20H24N2O4S. The van der Waals surface area contributed by atoms with Gasteiger partial charge in [0.1, 0.15) is 5.75 Å². The number of amides is 1. The molecule has 0 aliphatic carbocycles. The second kappa shape index (κ2) is 8.54. The molecule has 1 heterocycles. The lowest BCUT2D eigenvalue weighted by molar-refractivity contribution is -0.118. The Labute approximate surface area is 160 Å². The largest absolute Gasteiger partial charge is 0.484 e. The van der Waals surface area contributed by atoms with Crippen molar-refractivity contribution in [1.29, 1.82) is 0 Å². The lowest BCUT2D eigenvalue weighted by Gasteiger charge is -2.29. The molecule has 0 spiro atoms. The minimum absolute atomic E-state index is 0.148. The van der Waals surface area contributed by atoms with Crippen LogP contribution in [0, 0.1) is 5.92 Å². The van der Waals surface area contributed by atoms with E-state index in [4.69, 9.17) is 4.74 Å². The van der Waals surface area contributed by atoms with E-state index in [2.05, 4.69) is 12.2 Å². The van der Waals surface area contributed by atoms with Crippen LogP contribution < -0.4 is 10.1 Å². The lowest BCUT2D eigenvalue weighted by Crippen LogP contribution is -2.37. The molecule has 0 saturated carbocycles. The number of ether oxygens (including phenoxy) is 1. The molecule has 3 rings (SSSR count). The van der Waals surface area contributed by atoms with Crippen molar-refractivity contribution in [3.63, 3.8) is 0 Å². The first kappa shape index (κ1) is 19.4. The Bertz CT molecular complexity index is 859. The number of hydrogen-bond donors (Lipinski definition) is 1. The van der Waals surface area contributed by atoms with Crippen molar-refractivity contribution in [2.45, 2.75) is 24.7 Å². The summed E-state index contributed by atoms with van der Waals surface area (Å²) in [6.45, 7) is 3.11. The van der Waals surface area contributed by atoms with Gasteiger partial charge in [0.25, 0.3) is 5.91 Å². The highest BCUT2D eigenvalue weighted by Gasteiger charge is 2.27. The second-order valence-electron chi connectivity index (χ2n) is 6.76. The Hall–Kier alpha value is -2.38. The highest BCUT2D eigenvalue weighted by Crippen LogP contribution is 2.24. The topological polar surface area (TPSA) is 75.7 Å². The number of hydrogen-bond acceptors (Lipinski definition) is 4. The van der Waals surface area contributed by atoms with Crippen molar-refractivity contribution < 1.29 is 17.9 Å². The molecule has 0 radical (unpaired) electrons. The number of para-hydroxylation sites is 1. The predicted octanol–water partition coefficient (Wildman–Crippen LogP) is 3.12. The van der Waals surface area contributed by atoms with Gasteiger partial charge in [-0.3, -0.25) is 4.79 Å². The van der Waals surface area contributed by atoms with E-state index in [-0.39, 0.29) is 17.4 Å². The van der Waals surface area contributed by atoms with Gasteiger partial charge in [-0.15, -0.1) is 0 Å². The summed E-state index contributed by atoms with van der Waals surface area (Å²) >= 11 is 0. The van der Waals surface area contributed by atoms with Crippen molar-refractivity contribution in [1.82, 2.24) is 4.31 Å². The average molecular weight is 388 g/mol. The molecule has 1 fully saturated rings. The molecule has 2 aromatic carbocycles. The van der Waals surface area contributed by atoms with Crippen LogP contribution in [-0.2, 0) is 14.8 Å². The van der Waals surface area contributed by atoms with Crippen LogP contribution in [0.5, 0.6) is 5.75 Å². The molecule has 144 valence electrons. The highest BCUT2D eigenvalue weighted by atomic mass is 32.2. The summed E-state index contributed by atoms with van der Waals surface area (Å²) in [5, 5.41) is 2.73. The fourth-order valence-corrected chi connectivity index (χ4v) is 4.42. The van der Waals surface area contributed by atoms with E-state index in [0.29, 0.717) is 30.4 Å². The Morgan fingerprint density at radius 1 is 1.07 bits per heavy atom. The minimum atomic E-state index is -3.48. The third kappa shape index (κ3) is 5.08. The maximum Gasteiger partial charge on any atom is 0.262 e. The SMILES string of the molecule is CC1CCN(S(=O)(=O)c2ccc(OCC(=O)Nc3ccccc3)cc2)CC1. The van der Waals surface area contributed by atoms with E-state index < -0.39 is 10.0 Å². The number of benzene rings is 2. The van der Waals surface area contributed by atoms with Gasteiger partial charge >= 0.3 is 0 Å². The Morgan fingerprint density at radius 3 is 2.33 bits per heavy atom. The zero-order valence-corrected chi connectivity index (χ0v) is 16.1. The zero-order valence-electron chi connectivity index (χ0n) is 15.3. The van der Waals surface area contributed by atoms with Gasteiger partial charge in [-0.1, -0.05) is 25.1 Å². The summed E-state index contributed by atoms with van der Waals surface area (Å²) < 4.78 is 32.4. The van der Waals surface area contributed by atoms with E-state index in [1.54, 1.807) is 24.3 Å². The third-order valence-electron chi connectivity index (χ3n) is 4.63. The molecule has 1 aliphatic heterocycles. The standard InChI is InChI=1S/C20H24N2O4S/c1-16-11-13-22(14-12-16)27(24,25)19-9-7-18(8-10-19)26-15-20(23)21-17-5-3-2-4-6-17/h2-10,16H,11-15H2,1H3,(H,21,23). The molecule has 0 unspecified atom stereocenters. The Balaban J connectivity index is 1.56. The van der Waals surface area contributed by atoms with E-state index in [1.165, 1.54) is 16.4 Å². The first-order chi connectivity index (χ1) is 12.9. The maximum atomic E-state index is 12.7. The van der Waals surface area contributed by atoms with Crippen molar-refractivity contribution >= 4 is 21.6 Å². The summed E-state index contributed by atoms with van der Waals surface area (Å²) in [7, 11) is -3.48. The van der Waals surface area contributed by atoms with E-state index >= 15 is 0 Å². The number of piperidine rings is 1. The fourth-order valence-electron chi connectivity index (χ4n) is 2.95. The number of anilines is 1. The second-order valence-corrected chi connectivity index (χ2v) is 8.70. The molecular weight excluding hydrogens is 364 g/mol. The molecule has 1 N–H and O–H groups in total. The van der Waals surface area contributed by atoms with Crippen molar-refractivity contribution in [2.75, 3.05) is 25.0 Å². The van der Waals surface area contributed by atoms with Crippen molar-refractivity contribution in [2.24, 2.45) is 5.92 Å². The van der Waals surface area contributed by atoms with Gasteiger partial charge in [0, 0.05) is 18.8 Å². The number of carbonyl (C=O) groups is 1. The monoisotopic (exact) mass is 388 g/mol. The average Bonchev–Trinajstić information content (AvgIpc) is 2.68. The summed E-state index contributed by atoms with van der Waals surface area (Å²) in [4.78, 5) is 12.2.